The van der Waals surface area contributed by atoms with E-state index in [-0.39, 0.29) is 5.41 Å². The van der Waals surface area contributed by atoms with Crippen LogP contribution in [0.3, 0.4) is 0 Å². The molecule has 1 heterocycles. The smallest absolute Gasteiger partial charge is 0.0709 e. The molecule has 0 unspecified atom stereocenters. The lowest BCUT2D eigenvalue weighted by atomic mass is 9.82. The Balaban J connectivity index is 1.15. The molecule has 2 heteroatoms. The van der Waals surface area contributed by atoms with Gasteiger partial charge in [0.15, 0.2) is 0 Å². The maximum absolute atomic E-state index is 2.52. The van der Waals surface area contributed by atoms with Gasteiger partial charge in [0, 0.05) is 27.6 Å². The average Bonchev–Trinajstić information content (AvgIpc) is 3.79. The van der Waals surface area contributed by atoms with E-state index in [1.807, 2.05) is 0 Å². The van der Waals surface area contributed by atoms with Crippen molar-refractivity contribution in [3.63, 3.8) is 0 Å². The van der Waals surface area contributed by atoms with Crippen LogP contribution < -0.4 is 4.90 Å². The van der Waals surface area contributed by atoms with E-state index < -0.39 is 0 Å². The molecule has 0 atom stereocenters. The summed E-state index contributed by atoms with van der Waals surface area (Å²) in [6.07, 6.45) is 0. The maximum Gasteiger partial charge on any atom is 0.0709 e. The molecule has 0 saturated heterocycles. The molecule has 0 bridgehead atoms. The van der Waals surface area contributed by atoms with Gasteiger partial charge in [0.1, 0.15) is 0 Å². The van der Waals surface area contributed by atoms with Gasteiger partial charge in [-0.25, -0.2) is 0 Å². The quantitative estimate of drug-likeness (QED) is 0.157. The SMILES string of the molecule is CC1(C)c2ccccc2-c2ccc(N(c3ccc(-c4cccc5ccccc45)cc3)c3cc4c5ccccc5c5ccccc5c4cc3-n3c4ccccc4c4ccccc43)cc21. The number of benzene rings is 11. The zero-order valence-electron chi connectivity index (χ0n) is 35.2. The number of rotatable bonds is 5. The minimum Gasteiger partial charge on any atom is -0.308 e. The highest BCUT2D eigenvalue weighted by Crippen LogP contribution is 2.52. The van der Waals surface area contributed by atoms with E-state index in [1.165, 1.54) is 98.3 Å². The second-order valence-electron chi connectivity index (χ2n) is 17.7. The standard InChI is InChI=1S/C61H42N2/c1-61(2)55-27-12-9-23-49(55)50-35-34-42(36-56(50)61)62(41-32-30-40(31-33-41)44-26-15-17-39-16-3-4-18-43(39)44)59-37-53-47-21-7-5-19-45(47)46-20-6-8-22-48(46)54(53)38-60(59)63-57-28-13-10-24-51(57)52-25-11-14-29-58(52)63/h3-38H,1-2H3. The first-order valence-corrected chi connectivity index (χ1v) is 22.0. The highest BCUT2D eigenvalue weighted by atomic mass is 15.2. The Kier molecular flexibility index (Phi) is 7.68. The Morgan fingerprint density at radius 2 is 0.841 bits per heavy atom. The molecule has 0 saturated carbocycles. The molecule has 0 fully saturated rings. The van der Waals surface area contributed by atoms with Gasteiger partial charge in [-0.05, 0) is 125 Å². The molecule has 13 rings (SSSR count). The molecule has 0 amide bonds. The van der Waals surface area contributed by atoms with E-state index in [0.29, 0.717) is 0 Å². The summed E-state index contributed by atoms with van der Waals surface area (Å²) in [7, 11) is 0. The van der Waals surface area contributed by atoms with E-state index in [9.17, 15) is 0 Å². The molecule has 1 aliphatic carbocycles. The molecule has 1 aliphatic rings. The maximum atomic E-state index is 2.52. The summed E-state index contributed by atoms with van der Waals surface area (Å²) in [4.78, 5) is 2.52. The molecule has 0 N–H and O–H groups in total. The summed E-state index contributed by atoms with van der Waals surface area (Å²) in [5.41, 5.74) is 14.4. The fourth-order valence-electron chi connectivity index (χ4n) is 11.0. The monoisotopic (exact) mass is 802 g/mol. The van der Waals surface area contributed by atoms with Crippen molar-refractivity contribution >= 4 is 82.0 Å². The Hall–Kier alpha value is -7.94. The summed E-state index contributed by atoms with van der Waals surface area (Å²) in [5.74, 6) is 0. The molecule has 2 nitrogen and oxygen atoms in total. The van der Waals surface area contributed by atoms with Crippen LogP contribution in [0.4, 0.5) is 17.1 Å². The van der Waals surface area contributed by atoms with Gasteiger partial charge in [-0.2, -0.15) is 0 Å². The van der Waals surface area contributed by atoms with Crippen LogP contribution in [0.15, 0.2) is 218 Å². The minimum atomic E-state index is -0.167. The van der Waals surface area contributed by atoms with Crippen LogP contribution in [-0.2, 0) is 5.41 Å². The van der Waals surface area contributed by atoms with Crippen molar-refractivity contribution in [3.8, 4) is 27.9 Å². The normalized spacial score (nSPS) is 13.0. The lowest BCUT2D eigenvalue weighted by Gasteiger charge is -2.31. The molecule has 63 heavy (non-hydrogen) atoms. The van der Waals surface area contributed by atoms with Crippen molar-refractivity contribution in [1.82, 2.24) is 4.57 Å². The van der Waals surface area contributed by atoms with E-state index in [1.54, 1.807) is 0 Å². The number of para-hydroxylation sites is 2. The molecule has 0 aliphatic heterocycles. The molecule has 0 radical (unpaired) electrons. The van der Waals surface area contributed by atoms with E-state index in [4.69, 9.17) is 0 Å². The molecule has 11 aromatic carbocycles. The molecule has 1 aromatic heterocycles. The lowest BCUT2D eigenvalue weighted by molar-refractivity contribution is 0.660. The van der Waals surface area contributed by atoms with Gasteiger partial charge < -0.3 is 9.47 Å². The van der Waals surface area contributed by atoms with Crippen molar-refractivity contribution in [2.75, 3.05) is 4.90 Å². The highest BCUT2D eigenvalue weighted by molar-refractivity contribution is 6.26. The third-order valence-corrected chi connectivity index (χ3v) is 14.0. The van der Waals surface area contributed by atoms with Crippen LogP contribution in [0.25, 0.3) is 92.8 Å². The predicted octanol–water partition coefficient (Wildman–Crippen LogP) is 16.8. The Bertz CT molecular complexity index is 3770. The fraction of sp³-hybridized carbons (Fsp3) is 0.0492. The number of nitrogens with zero attached hydrogens (tertiary/aromatic N) is 2. The number of hydrogen-bond acceptors (Lipinski definition) is 1. The third kappa shape index (κ3) is 5.25. The van der Waals surface area contributed by atoms with Crippen molar-refractivity contribution in [2.24, 2.45) is 0 Å². The van der Waals surface area contributed by atoms with Gasteiger partial charge in [0.2, 0.25) is 0 Å². The molecule has 12 aromatic rings. The summed E-state index contributed by atoms with van der Waals surface area (Å²) in [6, 6.07) is 81.2. The van der Waals surface area contributed by atoms with Crippen LogP contribution in [0, 0.1) is 0 Å². The zero-order chi connectivity index (χ0) is 41.8. The number of aromatic nitrogens is 1. The van der Waals surface area contributed by atoms with Crippen LogP contribution in [0.5, 0.6) is 0 Å². The van der Waals surface area contributed by atoms with Crippen LogP contribution >= 0.6 is 0 Å². The molecule has 0 spiro atoms. The van der Waals surface area contributed by atoms with Gasteiger partial charge >= 0.3 is 0 Å². The van der Waals surface area contributed by atoms with Crippen LogP contribution in [-0.4, -0.2) is 4.57 Å². The zero-order valence-corrected chi connectivity index (χ0v) is 35.2. The number of anilines is 3. The Morgan fingerprint density at radius 1 is 0.349 bits per heavy atom. The average molecular weight is 803 g/mol. The second kappa shape index (κ2) is 13.5. The van der Waals surface area contributed by atoms with E-state index in [0.717, 1.165) is 22.7 Å². The number of hydrogen-bond donors (Lipinski definition) is 0. The van der Waals surface area contributed by atoms with Crippen molar-refractivity contribution in [2.45, 2.75) is 19.3 Å². The van der Waals surface area contributed by atoms with Gasteiger partial charge in [-0.1, -0.05) is 184 Å². The summed E-state index contributed by atoms with van der Waals surface area (Å²) in [5, 5.41) is 12.5. The third-order valence-electron chi connectivity index (χ3n) is 14.0. The summed E-state index contributed by atoms with van der Waals surface area (Å²) >= 11 is 0. The lowest BCUT2D eigenvalue weighted by Crippen LogP contribution is -2.17. The Labute approximate surface area is 366 Å². The summed E-state index contributed by atoms with van der Waals surface area (Å²) in [6.45, 7) is 4.75. The fourth-order valence-corrected chi connectivity index (χ4v) is 11.0. The van der Waals surface area contributed by atoms with Crippen LogP contribution in [0.2, 0.25) is 0 Å². The highest BCUT2D eigenvalue weighted by Gasteiger charge is 2.36. The Morgan fingerprint density at radius 3 is 1.52 bits per heavy atom. The second-order valence-corrected chi connectivity index (χ2v) is 17.7. The van der Waals surface area contributed by atoms with Gasteiger partial charge in [-0.15, -0.1) is 0 Å². The van der Waals surface area contributed by atoms with E-state index >= 15 is 0 Å². The van der Waals surface area contributed by atoms with Crippen molar-refractivity contribution in [1.29, 1.82) is 0 Å². The van der Waals surface area contributed by atoms with E-state index in [2.05, 4.69) is 242 Å². The predicted molar refractivity (Wildman–Crippen MR) is 268 cm³/mol. The van der Waals surface area contributed by atoms with Crippen molar-refractivity contribution in [3.05, 3.63) is 230 Å². The first-order chi connectivity index (χ1) is 31.0. The first-order valence-electron chi connectivity index (χ1n) is 22.0. The van der Waals surface area contributed by atoms with Crippen molar-refractivity contribution < 1.29 is 0 Å². The molecular weight excluding hydrogens is 761 g/mol. The molecule has 296 valence electrons. The first kappa shape index (κ1) is 35.8. The largest absolute Gasteiger partial charge is 0.308 e. The van der Waals surface area contributed by atoms with Gasteiger partial charge in [0.25, 0.3) is 0 Å². The minimum absolute atomic E-state index is 0.167. The summed E-state index contributed by atoms with van der Waals surface area (Å²) < 4.78 is 2.51. The van der Waals surface area contributed by atoms with Gasteiger partial charge in [0.05, 0.1) is 22.4 Å². The van der Waals surface area contributed by atoms with Gasteiger partial charge in [-0.3, -0.25) is 0 Å². The number of fused-ring (bicyclic) bond motifs is 13. The van der Waals surface area contributed by atoms with Crippen LogP contribution in [0.1, 0.15) is 25.0 Å². The molecular formula is C61H42N2. The topological polar surface area (TPSA) is 8.17 Å².